The van der Waals surface area contributed by atoms with Gasteiger partial charge in [0, 0.05) is 49.2 Å². The molecule has 1 fully saturated rings. The predicted octanol–water partition coefficient (Wildman–Crippen LogP) is 4.41. The molecular formula is C23H28FN5OS. The molecule has 3 N–H and O–H groups in total. The van der Waals surface area contributed by atoms with Crippen LogP contribution >= 0.6 is 11.8 Å². The van der Waals surface area contributed by atoms with Gasteiger partial charge in [-0.15, -0.1) is 0 Å². The summed E-state index contributed by atoms with van der Waals surface area (Å²) in [6.07, 6.45) is 5.07. The minimum Gasteiger partial charge on any atom is -0.396 e. The van der Waals surface area contributed by atoms with Crippen LogP contribution in [0.3, 0.4) is 0 Å². The number of anilines is 3. The third-order valence-corrected chi connectivity index (χ3v) is 6.92. The third-order valence-electron chi connectivity index (χ3n) is 5.63. The van der Waals surface area contributed by atoms with Crippen molar-refractivity contribution in [1.82, 2.24) is 10.3 Å². The molecule has 1 aromatic carbocycles. The van der Waals surface area contributed by atoms with Crippen molar-refractivity contribution >= 4 is 34.9 Å². The molecule has 164 valence electrons. The van der Waals surface area contributed by atoms with Gasteiger partial charge < -0.3 is 20.9 Å². The Morgan fingerprint density at radius 2 is 1.94 bits per heavy atom. The first-order valence-corrected chi connectivity index (χ1v) is 11.7. The quantitative estimate of drug-likeness (QED) is 0.687. The summed E-state index contributed by atoms with van der Waals surface area (Å²) >= 11 is 1.52. The van der Waals surface area contributed by atoms with Crippen molar-refractivity contribution in [2.75, 3.05) is 35.2 Å². The number of thioether (sulfide) groups is 1. The molecule has 1 amide bonds. The number of halogens is 1. The van der Waals surface area contributed by atoms with Crippen molar-refractivity contribution in [1.29, 1.82) is 0 Å². The average Bonchev–Trinajstić information content (AvgIpc) is 3.48. The summed E-state index contributed by atoms with van der Waals surface area (Å²) in [7, 11) is 0. The largest absolute Gasteiger partial charge is 0.396 e. The lowest BCUT2D eigenvalue weighted by Crippen LogP contribution is -2.37. The number of nitrogens with one attached hydrogen (secondary N) is 1. The van der Waals surface area contributed by atoms with Crippen LogP contribution in [0.4, 0.5) is 21.6 Å². The van der Waals surface area contributed by atoms with Crippen molar-refractivity contribution in [2.45, 2.75) is 38.5 Å². The Hall–Kier alpha value is -2.74. The average molecular weight is 442 g/mol. The molecule has 1 unspecified atom stereocenters. The molecule has 2 aromatic rings. The Morgan fingerprint density at radius 3 is 2.61 bits per heavy atom. The predicted molar refractivity (Wildman–Crippen MR) is 125 cm³/mol. The monoisotopic (exact) mass is 441 g/mol. The van der Waals surface area contributed by atoms with Crippen LogP contribution in [0, 0.1) is 5.82 Å². The van der Waals surface area contributed by atoms with Gasteiger partial charge in [0.1, 0.15) is 17.0 Å². The standard InChI is InChI=1S/C21H22FN5OS.C2H6/c22-15-5-4-14(11-16(15)23)27-10-7-17-19(21(27)28)29-20(25-17)13-3-6-18(24-12-13)26-8-1-2-9-26;1-2/h3-6,11-12,20,25H,1-2,7-10,23H2;1-2H3. The van der Waals surface area contributed by atoms with Gasteiger partial charge in [-0.2, -0.15) is 0 Å². The van der Waals surface area contributed by atoms with Crippen LogP contribution < -0.4 is 20.9 Å². The number of pyridine rings is 1. The highest BCUT2D eigenvalue weighted by Gasteiger charge is 2.36. The maximum atomic E-state index is 13.5. The fraction of sp³-hybridized carbons (Fsp3) is 0.391. The maximum absolute atomic E-state index is 13.5. The fourth-order valence-electron chi connectivity index (χ4n) is 4.04. The van der Waals surface area contributed by atoms with Gasteiger partial charge in [0.2, 0.25) is 0 Å². The highest BCUT2D eigenvalue weighted by molar-refractivity contribution is 8.04. The number of nitrogens with zero attached hydrogens (tertiary/aromatic N) is 3. The van der Waals surface area contributed by atoms with Gasteiger partial charge in [-0.3, -0.25) is 4.79 Å². The molecule has 1 atom stereocenters. The lowest BCUT2D eigenvalue weighted by atomic mass is 10.1. The molecule has 1 saturated heterocycles. The number of aromatic nitrogens is 1. The van der Waals surface area contributed by atoms with E-state index < -0.39 is 5.82 Å². The van der Waals surface area contributed by atoms with Crippen LogP contribution in [-0.4, -0.2) is 30.5 Å². The molecule has 0 aliphatic carbocycles. The van der Waals surface area contributed by atoms with Gasteiger partial charge in [0.15, 0.2) is 0 Å². The second-order valence-electron chi connectivity index (χ2n) is 7.51. The van der Waals surface area contributed by atoms with Crippen LogP contribution in [0.2, 0.25) is 0 Å². The van der Waals surface area contributed by atoms with E-state index in [0.29, 0.717) is 17.1 Å². The number of carbonyl (C=O) groups excluding carboxylic acids is 1. The summed E-state index contributed by atoms with van der Waals surface area (Å²) in [6.45, 7) is 6.67. The van der Waals surface area contributed by atoms with E-state index in [1.165, 1.54) is 36.7 Å². The van der Waals surface area contributed by atoms with E-state index in [9.17, 15) is 9.18 Å². The molecule has 0 spiro atoms. The smallest absolute Gasteiger partial charge is 0.266 e. The van der Waals surface area contributed by atoms with Gasteiger partial charge in [0.25, 0.3) is 5.91 Å². The van der Waals surface area contributed by atoms with Gasteiger partial charge in [-0.05, 0) is 37.1 Å². The van der Waals surface area contributed by atoms with Crippen molar-refractivity contribution in [3.05, 3.63) is 58.5 Å². The highest BCUT2D eigenvalue weighted by Crippen LogP contribution is 2.44. The number of nitrogen functional groups attached to an aromatic ring is 1. The number of benzene rings is 1. The lowest BCUT2D eigenvalue weighted by Gasteiger charge is -2.27. The summed E-state index contributed by atoms with van der Waals surface area (Å²) in [5.74, 6) is 0.474. The van der Waals surface area contributed by atoms with Crippen molar-refractivity contribution < 1.29 is 9.18 Å². The Labute approximate surface area is 186 Å². The molecule has 3 aliphatic heterocycles. The second kappa shape index (κ2) is 9.18. The van der Waals surface area contributed by atoms with E-state index >= 15 is 0 Å². The maximum Gasteiger partial charge on any atom is 0.266 e. The SMILES string of the molecule is CC.Nc1cc(N2CCC3=C(SC(c4ccc(N5CCCC5)nc4)N3)C2=O)ccc1F. The molecule has 1 aromatic heterocycles. The topological polar surface area (TPSA) is 74.5 Å². The van der Waals surface area contributed by atoms with Crippen LogP contribution in [0.1, 0.15) is 44.0 Å². The summed E-state index contributed by atoms with van der Waals surface area (Å²) in [4.78, 5) is 22.4. The summed E-state index contributed by atoms with van der Waals surface area (Å²) in [5, 5.41) is 3.45. The van der Waals surface area contributed by atoms with Gasteiger partial charge in [-0.25, -0.2) is 9.37 Å². The van der Waals surface area contributed by atoms with E-state index in [2.05, 4.69) is 27.3 Å². The molecule has 6 nitrogen and oxygen atoms in total. The second-order valence-corrected chi connectivity index (χ2v) is 8.62. The van der Waals surface area contributed by atoms with Crippen molar-refractivity contribution in [3.8, 4) is 0 Å². The molecule has 3 aliphatic rings. The van der Waals surface area contributed by atoms with Crippen LogP contribution in [-0.2, 0) is 4.79 Å². The minimum atomic E-state index is -0.472. The van der Waals surface area contributed by atoms with Gasteiger partial charge >= 0.3 is 0 Å². The van der Waals surface area contributed by atoms with Crippen LogP contribution in [0.15, 0.2) is 47.1 Å². The van der Waals surface area contributed by atoms with Crippen molar-refractivity contribution in [2.24, 2.45) is 0 Å². The number of rotatable bonds is 3. The normalized spacial score (nSPS) is 20.4. The minimum absolute atomic E-state index is 0.0256. The molecule has 0 radical (unpaired) electrons. The Bertz CT molecular complexity index is 988. The zero-order valence-corrected chi connectivity index (χ0v) is 18.7. The number of nitrogens with two attached hydrogens (primary N) is 1. The first-order chi connectivity index (χ1) is 15.1. The molecular weight excluding hydrogens is 413 g/mol. The van der Waals surface area contributed by atoms with Crippen molar-refractivity contribution in [3.63, 3.8) is 0 Å². The number of carbonyl (C=O) groups is 1. The summed E-state index contributed by atoms with van der Waals surface area (Å²) in [6, 6.07) is 8.57. The number of hydrogen-bond acceptors (Lipinski definition) is 6. The van der Waals surface area contributed by atoms with Crippen LogP contribution in [0.5, 0.6) is 0 Å². The molecule has 4 heterocycles. The summed E-state index contributed by atoms with van der Waals surface area (Å²) in [5.41, 5.74) is 8.38. The highest BCUT2D eigenvalue weighted by atomic mass is 32.2. The third kappa shape index (κ3) is 4.21. The zero-order chi connectivity index (χ0) is 22.0. The fourth-order valence-corrected chi connectivity index (χ4v) is 5.26. The van der Waals surface area contributed by atoms with E-state index in [4.69, 9.17) is 5.73 Å². The number of amides is 1. The lowest BCUT2D eigenvalue weighted by molar-refractivity contribution is -0.114. The molecule has 31 heavy (non-hydrogen) atoms. The number of hydrogen-bond donors (Lipinski definition) is 2. The first-order valence-electron chi connectivity index (χ1n) is 10.8. The molecule has 0 saturated carbocycles. The van der Waals surface area contributed by atoms with Crippen LogP contribution in [0.25, 0.3) is 0 Å². The zero-order valence-electron chi connectivity index (χ0n) is 17.9. The summed E-state index contributed by atoms with van der Waals surface area (Å²) < 4.78 is 13.5. The van der Waals surface area contributed by atoms with Gasteiger partial charge in [0.05, 0.1) is 10.6 Å². The van der Waals surface area contributed by atoms with E-state index in [-0.39, 0.29) is 17.0 Å². The first kappa shape index (κ1) is 21.5. The van der Waals surface area contributed by atoms with E-state index in [0.717, 1.165) is 36.6 Å². The Balaban J connectivity index is 0.00000112. The van der Waals surface area contributed by atoms with E-state index in [1.807, 2.05) is 20.0 Å². The van der Waals surface area contributed by atoms with Gasteiger partial charge in [-0.1, -0.05) is 31.7 Å². The Kier molecular flexibility index (Phi) is 6.36. The Morgan fingerprint density at radius 1 is 1.16 bits per heavy atom. The molecule has 8 heteroatoms. The van der Waals surface area contributed by atoms with E-state index in [1.54, 1.807) is 11.0 Å². The molecule has 5 rings (SSSR count). The molecule has 0 bridgehead atoms.